The molecule has 0 atom stereocenters. The van der Waals surface area contributed by atoms with Crippen LogP contribution in [0.5, 0.6) is 0 Å². The molecule has 0 spiro atoms. The Hall–Kier alpha value is -5.02. The van der Waals surface area contributed by atoms with E-state index in [0.29, 0.717) is 0 Å². The molecule has 0 fully saturated rings. The van der Waals surface area contributed by atoms with E-state index in [2.05, 4.69) is 115 Å². The van der Waals surface area contributed by atoms with E-state index in [-0.39, 0.29) is 0 Å². The van der Waals surface area contributed by atoms with Gasteiger partial charge >= 0.3 is 0 Å². The Kier molecular flexibility index (Phi) is 6.49. The average Bonchev–Trinajstić information content (AvgIpc) is 3.57. The first-order chi connectivity index (χ1) is 19.6. The molecular formula is C37H32N2O. The van der Waals surface area contributed by atoms with Crippen LogP contribution in [0.25, 0.3) is 60.6 Å². The summed E-state index contributed by atoms with van der Waals surface area (Å²) in [5, 5.41) is 4.70. The molecule has 0 unspecified atom stereocenters. The van der Waals surface area contributed by atoms with Crippen molar-refractivity contribution in [1.82, 2.24) is 4.57 Å². The fourth-order valence-electron chi connectivity index (χ4n) is 5.54. The molecule has 40 heavy (non-hydrogen) atoms. The van der Waals surface area contributed by atoms with Gasteiger partial charge in [-0.25, -0.2) is 0 Å². The van der Waals surface area contributed by atoms with E-state index in [0.717, 1.165) is 50.1 Å². The number of furan rings is 1. The molecule has 7 rings (SSSR count). The molecule has 0 saturated heterocycles. The van der Waals surface area contributed by atoms with Crippen molar-refractivity contribution in [2.24, 2.45) is 0 Å². The Bertz CT molecular complexity index is 1990. The molecule has 5 aromatic carbocycles. The van der Waals surface area contributed by atoms with Gasteiger partial charge in [0.2, 0.25) is 0 Å². The van der Waals surface area contributed by atoms with E-state index in [9.17, 15) is 0 Å². The van der Waals surface area contributed by atoms with Crippen LogP contribution in [0, 0.1) is 0 Å². The first kappa shape index (κ1) is 25.3. The Morgan fingerprint density at radius 1 is 0.725 bits per heavy atom. The highest BCUT2D eigenvalue weighted by atomic mass is 16.3. The van der Waals surface area contributed by atoms with Crippen molar-refractivity contribution in [3.8, 4) is 16.8 Å². The van der Waals surface area contributed by atoms with E-state index >= 15 is 0 Å². The monoisotopic (exact) mass is 520 g/mol. The second kappa shape index (κ2) is 10.3. The Morgan fingerprint density at radius 2 is 1.35 bits per heavy atom. The molecule has 0 radical (unpaired) electrons. The first-order valence-electron chi connectivity index (χ1n) is 13.7. The number of para-hydroxylation sites is 3. The van der Waals surface area contributed by atoms with Gasteiger partial charge in [0.05, 0.1) is 11.0 Å². The quantitative estimate of drug-likeness (QED) is 0.211. The van der Waals surface area contributed by atoms with Crippen LogP contribution in [-0.4, -0.2) is 11.6 Å². The van der Waals surface area contributed by atoms with Gasteiger partial charge in [-0.2, -0.15) is 0 Å². The number of hydrogen-bond acceptors (Lipinski definition) is 2. The average molecular weight is 521 g/mol. The fourth-order valence-corrected chi connectivity index (χ4v) is 5.54. The van der Waals surface area contributed by atoms with E-state index in [1.165, 1.54) is 21.8 Å². The highest BCUT2D eigenvalue weighted by Crippen LogP contribution is 2.41. The molecular weight excluding hydrogens is 488 g/mol. The van der Waals surface area contributed by atoms with Gasteiger partial charge in [-0.15, -0.1) is 0 Å². The lowest BCUT2D eigenvalue weighted by Crippen LogP contribution is -2.13. The lowest BCUT2D eigenvalue weighted by Gasteiger charge is -2.20. The van der Waals surface area contributed by atoms with E-state index in [1.807, 2.05) is 37.9 Å². The molecule has 3 nitrogen and oxygen atoms in total. The second-order valence-electron chi connectivity index (χ2n) is 9.64. The number of likely N-dealkylation sites (N-methyl/N-ethyl adjacent to an activating group) is 1. The highest BCUT2D eigenvalue weighted by Gasteiger charge is 2.18. The normalized spacial score (nSPS) is 11.1. The predicted octanol–water partition coefficient (Wildman–Crippen LogP) is 10.5. The molecule has 0 aliphatic rings. The summed E-state index contributed by atoms with van der Waals surface area (Å²) in [5.41, 5.74) is 9.26. The predicted molar refractivity (Wildman–Crippen MR) is 173 cm³/mol. The van der Waals surface area contributed by atoms with Gasteiger partial charge in [0.1, 0.15) is 11.2 Å². The molecule has 0 saturated carbocycles. The van der Waals surface area contributed by atoms with Gasteiger partial charge in [0, 0.05) is 51.2 Å². The molecule has 0 bridgehead atoms. The maximum absolute atomic E-state index is 6.50. The Labute approximate surface area is 234 Å². The summed E-state index contributed by atoms with van der Waals surface area (Å²) >= 11 is 0. The van der Waals surface area contributed by atoms with Gasteiger partial charge in [-0.1, -0.05) is 93.7 Å². The number of nitrogens with zero attached hydrogens (tertiary/aromatic N) is 2. The van der Waals surface area contributed by atoms with Gasteiger partial charge < -0.3 is 13.9 Å². The lowest BCUT2D eigenvalue weighted by molar-refractivity contribution is 0.670. The first-order valence-corrected chi connectivity index (χ1v) is 13.7. The van der Waals surface area contributed by atoms with Crippen molar-refractivity contribution >= 4 is 49.4 Å². The van der Waals surface area contributed by atoms with Crippen molar-refractivity contribution < 1.29 is 4.42 Å². The van der Waals surface area contributed by atoms with Crippen molar-refractivity contribution in [2.75, 3.05) is 11.9 Å². The molecule has 2 aromatic heterocycles. The highest BCUT2D eigenvalue weighted by molar-refractivity contribution is 6.13. The zero-order valence-corrected chi connectivity index (χ0v) is 23.2. The van der Waals surface area contributed by atoms with Crippen molar-refractivity contribution in [3.63, 3.8) is 0 Å². The van der Waals surface area contributed by atoms with Crippen LogP contribution in [0.3, 0.4) is 0 Å². The van der Waals surface area contributed by atoms with E-state index < -0.39 is 0 Å². The smallest absolute Gasteiger partial charge is 0.143 e. The van der Waals surface area contributed by atoms with Crippen LogP contribution >= 0.6 is 0 Å². The standard InChI is InChI=1S/C35H26N2O.C2H6/c1-4-23(2)36(3)25-13-11-12-24(20-25)30-21-26(22-31-29-16-7-10-19-34(29)38-35(30)31)37-32-17-8-5-14-27(32)28-15-6-9-18-33(28)37;1-2/h4-22H,1-2H2,3H3;1-2H3. The Morgan fingerprint density at radius 3 is 2.02 bits per heavy atom. The van der Waals surface area contributed by atoms with E-state index in [1.54, 1.807) is 6.08 Å². The summed E-state index contributed by atoms with van der Waals surface area (Å²) in [6, 6.07) is 38.5. The maximum Gasteiger partial charge on any atom is 0.143 e. The minimum absolute atomic E-state index is 0.843. The van der Waals surface area contributed by atoms with Crippen LogP contribution in [0.15, 0.2) is 139 Å². The minimum atomic E-state index is 0.843. The number of benzene rings is 5. The number of anilines is 1. The van der Waals surface area contributed by atoms with Gasteiger partial charge in [-0.05, 0) is 54.1 Å². The minimum Gasteiger partial charge on any atom is -0.455 e. The van der Waals surface area contributed by atoms with Crippen LogP contribution in [-0.2, 0) is 0 Å². The van der Waals surface area contributed by atoms with Crippen LogP contribution < -0.4 is 4.90 Å². The zero-order valence-electron chi connectivity index (χ0n) is 23.2. The van der Waals surface area contributed by atoms with Crippen molar-refractivity contribution in [1.29, 1.82) is 0 Å². The maximum atomic E-state index is 6.50. The van der Waals surface area contributed by atoms with Crippen molar-refractivity contribution in [3.05, 3.63) is 134 Å². The van der Waals surface area contributed by atoms with Gasteiger partial charge in [-0.3, -0.25) is 0 Å². The summed E-state index contributed by atoms with van der Waals surface area (Å²) in [6.45, 7) is 12.0. The van der Waals surface area contributed by atoms with E-state index in [4.69, 9.17) is 4.42 Å². The number of allylic oxidation sites excluding steroid dienone is 1. The molecule has 0 N–H and O–H groups in total. The third-order valence-corrected chi connectivity index (χ3v) is 7.51. The largest absolute Gasteiger partial charge is 0.455 e. The van der Waals surface area contributed by atoms with Crippen LogP contribution in [0.4, 0.5) is 5.69 Å². The van der Waals surface area contributed by atoms with Crippen molar-refractivity contribution in [2.45, 2.75) is 13.8 Å². The summed E-state index contributed by atoms with van der Waals surface area (Å²) < 4.78 is 8.86. The molecule has 3 heteroatoms. The number of hydrogen-bond donors (Lipinski definition) is 0. The molecule has 7 aromatic rings. The second-order valence-corrected chi connectivity index (χ2v) is 9.64. The Balaban J connectivity index is 0.00000142. The topological polar surface area (TPSA) is 21.3 Å². The molecule has 0 amide bonds. The summed E-state index contributed by atoms with van der Waals surface area (Å²) in [4.78, 5) is 2.04. The van der Waals surface area contributed by atoms with Gasteiger partial charge in [0.15, 0.2) is 0 Å². The molecule has 0 aliphatic carbocycles. The third-order valence-electron chi connectivity index (χ3n) is 7.51. The number of aromatic nitrogens is 1. The summed E-state index contributed by atoms with van der Waals surface area (Å²) in [5.74, 6) is 0. The third kappa shape index (κ3) is 3.99. The van der Waals surface area contributed by atoms with Gasteiger partial charge in [0.25, 0.3) is 0 Å². The molecule has 0 aliphatic heterocycles. The van der Waals surface area contributed by atoms with Crippen LogP contribution in [0.2, 0.25) is 0 Å². The number of rotatable bonds is 5. The lowest BCUT2D eigenvalue weighted by atomic mass is 10.00. The summed E-state index contributed by atoms with van der Waals surface area (Å²) in [7, 11) is 2.01. The van der Waals surface area contributed by atoms with Crippen LogP contribution in [0.1, 0.15) is 13.8 Å². The number of fused-ring (bicyclic) bond motifs is 6. The fraction of sp³-hybridized carbons (Fsp3) is 0.0811. The molecule has 2 heterocycles. The molecule has 196 valence electrons. The zero-order chi connectivity index (χ0) is 27.8. The summed E-state index contributed by atoms with van der Waals surface area (Å²) in [6.07, 6.45) is 1.77. The SMILES string of the molecule is C=CC(=C)N(C)c1cccc(-c2cc(-n3c4ccccc4c4ccccc43)cc3c2oc2ccccc23)c1.CC.